The zero-order chi connectivity index (χ0) is 36.8. The van der Waals surface area contributed by atoms with Crippen LogP contribution in [0.5, 0.6) is 0 Å². The highest BCUT2D eigenvalue weighted by Crippen LogP contribution is 2.51. The van der Waals surface area contributed by atoms with Gasteiger partial charge in [-0.05, 0) is 64.8 Å². The van der Waals surface area contributed by atoms with Gasteiger partial charge in [-0.1, -0.05) is 118 Å². The molecule has 51 heavy (non-hydrogen) atoms. The van der Waals surface area contributed by atoms with Crippen molar-refractivity contribution in [3.8, 4) is 22.3 Å². The van der Waals surface area contributed by atoms with E-state index < -0.39 is 35.8 Å². The molecule has 0 heterocycles. The Hall–Kier alpha value is -4.18. The van der Waals surface area contributed by atoms with E-state index in [0.717, 1.165) is 70.5 Å². The van der Waals surface area contributed by atoms with E-state index in [9.17, 15) is 31.1 Å². The Morgan fingerprint density at radius 3 is 1.94 bits per heavy atom. The zero-order valence-electron chi connectivity index (χ0n) is 28.6. The number of nitrogens with one attached hydrogen (secondary N) is 2. The third kappa shape index (κ3) is 8.83. The van der Waals surface area contributed by atoms with Crippen molar-refractivity contribution < 1.29 is 31.1 Å². The van der Waals surface area contributed by atoms with Gasteiger partial charge in [0.05, 0.1) is 5.56 Å². The molecule has 1 aliphatic rings. The highest BCUT2D eigenvalue weighted by Gasteiger charge is 2.49. The molecule has 3 nitrogen and oxygen atoms in total. The van der Waals surface area contributed by atoms with Gasteiger partial charge in [-0.3, -0.25) is 4.79 Å². The number of fused-ring (bicyclic) bond motifs is 3. The van der Waals surface area contributed by atoms with Crippen molar-refractivity contribution in [2.45, 2.75) is 75.0 Å². The highest BCUT2D eigenvalue weighted by atomic mass is 32.2. The van der Waals surface area contributed by atoms with Gasteiger partial charge in [0.1, 0.15) is 12.0 Å². The number of hydrogen-bond acceptors (Lipinski definition) is 3. The molecule has 0 fully saturated rings. The van der Waals surface area contributed by atoms with Crippen molar-refractivity contribution in [1.29, 1.82) is 0 Å². The number of carbonyl (C=O) groups excluding carboxylic acids is 1. The van der Waals surface area contributed by atoms with Gasteiger partial charge in [0.25, 0.3) is 0 Å². The van der Waals surface area contributed by atoms with Crippen LogP contribution in [0.1, 0.15) is 68.2 Å². The van der Waals surface area contributed by atoms with Gasteiger partial charge >= 0.3 is 12.4 Å². The molecule has 0 saturated carbocycles. The molecule has 0 spiro atoms. The summed E-state index contributed by atoms with van der Waals surface area (Å²) in [7, 11) is 0. The lowest BCUT2D eigenvalue weighted by Gasteiger charge is -2.31. The van der Waals surface area contributed by atoms with Crippen LogP contribution in [0.15, 0.2) is 104 Å². The summed E-state index contributed by atoms with van der Waals surface area (Å²) in [6, 6.07) is 27.7. The molecule has 270 valence electrons. The number of halogens is 6. The van der Waals surface area contributed by atoms with E-state index in [2.05, 4.69) is 31.1 Å². The number of thioether (sulfide) groups is 1. The molecule has 2 N–H and O–H groups in total. The van der Waals surface area contributed by atoms with E-state index in [1.165, 1.54) is 12.1 Å². The first kappa shape index (κ1) is 38.1. The summed E-state index contributed by atoms with van der Waals surface area (Å²) in [5, 5.41) is 6.01. The first-order chi connectivity index (χ1) is 24.2. The van der Waals surface area contributed by atoms with Crippen LogP contribution in [0.25, 0.3) is 28.0 Å². The minimum atomic E-state index is -4.52. The Balaban J connectivity index is 1.19. The summed E-state index contributed by atoms with van der Waals surface area (Å²) in [5.74, 6) is 0.167. The second kappa shape index (κ2) is 16.0. The predicted octanol–water partition coefficient (Wildman–Crippen LogP) is 11.0. The second-order valence-electron chi connectivity index (χ2n) is 13.0. The topological polar surface area (TPSA) is 41.1 Å². The molecule has 2 atom stereocenters. The largest absolute Gasteiger partial charge is 0.416 e. The van der Waals surface area contributed by atoms with Crippen molar-refractivity contribution in [2.75, 3.05) is 12.3 Å². The quantitative estimate of drug-likeness (QED) is 0.0947. The third-order valence-corrected chi connectivity index (χ3v) is 10.9. The van der Waals surface area contributed by atoms with E-state index in [-0.39, 0.29) is 11.3 Å². The summed E-state index contributed by atoms with van der Waals surface area (Å²) in [6.45, 7) is 7.11. The van der Waals surface area contributed by atoms with E-state index in [1.807, 2.05) is 84.6 Å². The smallest absolute Gasteiger partial charge is 0.381 e. The maximum absolute atomic E-state index is 13.7. The van der Waals surface area contributed by atoms with Crippen molar-refractivity contribution in [2.24, 2.45) is 0 Å². The molecule has 10 heteroatoms. The average molecular weight is 725 g/mol. The maximum Gasteiger partial charge on any atom is 0.416 e. The van der Waals surface area contributed by atoms with Gasteiger partial charge in [0.15, 0.2) is 0 Å². The minimum absolute atomic E-state index is 0.0951. The number of amides is 1. The number of hydrogen-bond donors (Lipinski definition) is 2. The molecule has 4 aromatic rings. The van der Waals surface area contributed by atoms with Gasteiger partial charge in [0.2, 0.25) is 5.91 Å². The number of unbranched alkanes of at least 4 members (excludes halogenated alkanes) is 1. The van der Waals surface area contributed by atoms with Crippen LogP contribution in [0.2, 0.25) is 0 Å². The van der Waals surface area contributed by atoms with Gasteiger partial charge in [-0.25, -0.2) is 0 Å². The van der Waals surface area contributed by atoms with Crippen LogP contribution in [0.4, 0.5) is 26.3 Å². The van der Waals surface area contributed by atoms with Crippen LogP contribution in [-0.4, -0.2) is 35.7 Å². The fourth-order valence-electron chi connectivity index (χ4n) is 6.89. The Labute approximate surface area is 299 Å². The molecular formula is C41H42F6N2OS. The predicted molar refractivity (Wildman–Crippen MR) is 195 cm³/mol. The fourth-order valence-corrected chi connectivity index (χ4v) is 8.11. The molecule has 0 saturated heterocycles. The maximum atomic E-state index is 13.7. The summed E-state index contributed by atoms with van der Waals surface area (Å²) in [6.07, 6.45) is -5.39. The molecule has 0 aliphatic heterocycles. The summed E-state index contributed by atoms with van der Waals surface area (Å²) in [5.41, 5.74) is 4.30. The molecule has 0 aromatic heterocycles. The Morgan fingerprint density at radius 2 is 1.37 bits per heavy atom. The first-order valence-corrected chi connectivity index (χ1v) is 18.2. The Morgan fingerprint density at radius 1 is 0.804 bits per heavy atom. The zero-order valence-corrected chi connectivity index (χ0v) is 29.4. The Bertz CT molecular complexity index is 1770. The van der Waals surface area contributed by atoms with Gasteiger partial charge in [-0.2, -0.15) is 38.1 Å². The molecule has 5 rings (SSSR count). The number of alkyl halides is 6. The monoisotopic (exact) mass is 724 g/mol. The van der Waals surface area contributed by atoms with Gasteiger partial charge in [-0.15, -0.1) is 0 Å². The average Bonchev–Trinajstić information content (AvgIpc) is 3.40. The van der Waals surface area contributed by atoms with E-state index in [0.29, 0.717) is 24.1 Å². The highest BCUT2D eigenvalue weighted by molar-refractivity contribution is 7.99. The second-order valence-corrected chi connectivity index (χ2v) is 14.5. The van der Waals surface area contributed by atoms with Crippen molar-refractivity contribution >= 4 is 23.4 Å². The molecule has 1 aliphatic carbocycles. The summed E-state index contributed by atoms with van der Waals surface area (Å²) < 4.78 is 79.0. The number of carbonyl (C=O) groups is 1. The first-order valence-electron chi connectivity index (χ1n) is 17.1. The lowest BCUT2D eigenvalue weighted by molar-refractivity contribution is -0.141. The van der Waals surface area contributed by atoms with Crippen molar-refractivity contribution in [3.05, 3.63) is 126 Å². The normalized spacial score (nSPS) is 14.7. The minimum Gasteiger partial charge on any atom is -0.381 e. The van der Waals surface area contributed by atoms with Crippen LogP contribution < -0.4 is 10.6 Å². The van der Waals surface area contributed by atoms with Crippen LogP contribution in [-0.2, 0) is 16.4 Å². The SMILES string of the molecule is C=C(N[C@H](CC)CSC(C)CCCCC1(C(=O)NCC(F)(F)F)c2ccccc2-c2ccccc21)c1ccccc1-c1ccc(C(F)(F)F)cc1. The van der Waals surface area contributed by atoms with Crippen molar-refractivity contribution in [3.63, 3.8) is 0 Å². The van der Waals surface area contributed by atoms with Crippen molar-refractivity contribution in [1.82, 2.24) is 10.6 Å². The van der Waals surface area contributed by atoms with Crippen LogP contribution in [0.3, 0.4) is 0 Å². The molecule has 1 unspecified atom stereocenters. The summed E-state index contributed by atoms with van der Waals surface area (Å²) >= 11 is 1.81. The number of benzene rings is 4. The van der Waals surface area contributed by atoms with Crippen LogP contribution in [0, 0.1) is 0 Å². The molecule has 0 radical (unpaired) electrons. The van der Waals surface area contributed by atoms with Crippen LogP contribution >= 0.6 is 11.8 Å². The lowest BCUT2D eigenvalue weighted by atomic mass is 9.73. The lowest BCUT2D eigenvalue weighted by Crippen LogP contribution is -2.47. The fraction of sp³-hybridized carbons (Fsp3) is 0.341. The van der Waals surface area contributed by atoms with E-state index in [1.54, 1.807) is 0 Å². The molecule has 4 aromatic carbocycles. The Kier molecular flexibility index (Phi) is 11.9. The molecule has 1 amide bonds. The third-order valence-electron chi connectivity index (χ3n) is 9.54. The van der Waals surface area contributed by atoms with Gasteiger partial charge < -0.3 is 10.6 Å². The van der Waals surface area contributed by atoms with Gasteiger partial charge in [0, 0.05) is 28.3 Å². The molecular weight excluding hydrogens is 683 g/mol. The molecule has 0 bridgehead atoms. The standard InChI is InChI=1S/C41H42F6N2OS/c1-4-31(49-28(3)32-14-5-6-15-33(32)29-20-22-30(23-21-29)41(45,46)47)25-51-27(2)13-11-12-24-39(38(50)48-26-40(42,43)44)36-18-9-7-16-34(36)35-17-8-10-19-37(35)39/h5-10,14-23,27,31,49H,3-4,11-13,24-26H2,1-2H3,(H,48,50)/t27?,31-/m1/s1. The summed E-state index contributed by atoms with van der Waals surface area (Å²) in [4.78, 5) is 13.7. The van der Waals surface area contributed by atoms with E-state index in [4.69, 9.17) is 0 Å². The van der Waals surface area contributed by atoms with E-state index >= 15 is 0 Å². The number of rotatable bonds is 15.